The zero-order valence-electron chi connectivity index (χ0n) is 15.5. The second-order valence-corrected chi connectivity index (χ2v) is 6.95. The number of fused-ring (bicyclic) bond motifs is 1. The molecule has 0 spiro atoms. The number of carbonyl (C=O) groups is 2. The van der Waals surface area contributed by atoms with Crippen LogP contribution in [0.1, 0.15) is 24.2 Å². The third kappa shape index (κ3) is 4.31. The average Bonchev–Trinajstić information content (AvgIpc) is 2.84. The Balaban J connectivity index is 2.04. The molecule has 1 aliphatic rings. The van der Waals surface area contributed by atoms with Gasteiger partial charge in [-0.15, -0.1) is 0 Å². The molecule has 2 aromatic carbocycles. The number of hydrogen-bond donors (Lipinski definition) is 2. The summed E-state index contributed by atoms with van der Waals surface area (Å²) in [6, 6.07) is 14.4. The number of allylic oxidation sites excluding steroid dienone is 1. The molecule has 0 bridgehead atoms. The molecule has 1 amide bonds. The lowest BCUT2D eigenvalue weighted by Crippen LogP contribution is -2.41. The van der Waals surface area contributed by atoms with E-state index in [1.807, 2.05) is 37.3 Å². The van der Waals surface area contributed by atoms with Gasteiger partial charge in [0.25, 0.3) is 5.91 Å². The van der Waals surface area contributed by atoms with Crippen LogP contribution in [-0.2, 0) is 9.53 Å². The maximum Gasteiger partial charge on any atom is 0.322 e. The van der Waals surface area contributed by atoms with Crippen molar-refractivity contribution in [3.63, 3.8) is 0 Å². The van der Waals surface area contributed by atoms with E-state index in [1.54, 1.807) is 31.2 Å². The molecular formula is C21H20BrN3O3. The topological polar surface area (TPSA) is 79.8 Å². The third-order valence-corrected chi connectivity index (χ3v) is 4.66. The number of hydrogen-bond acceptors (Lipinski definition) is 5. The Morgan fingerprint density at radius 1 is 1.25 bits per heavy atom. The molecule has 0 radical (unpaired) electrons. The minimum absolute atomic E-state index is 0.217. The molecule has 2 aromatic rings. The van der Waals surface area contributed by atoms with Crippen molar-refractivity contribution < 1.29 is 14.3 Å². The second-order valence-electron chi connectivity index (χ2n) is 6.03. The van der Waals surface area contributed by atoms with Gasteiger partial charge in [-0.1, -0.05) is 40.2 Å². The van der Waals surface area contributed by atoms with Gasteiger partial charge in [0.15, 0.2) is 5.92 Å². The molecule has 144 valence electrons. The first-order chi connectivity index (χ1) is 13.5. The number of esters is 1. The van der Waals surface area contributed by atoms with E-state index >= 15 is 0 Å². The summed E-state index contributed by atoms with van der Waals surface area (Å²) < 4.78 is 6.03. The molecule has 7 heteroatoms. The minimum Gasteiger partial charge on any atom is -0.465 e. The smallest absolute Gasteiger partial charge is 0.322 e. The maximum absolute atomic E-state index is 12.8. The van der Waals surface area contributed by atoms with Crippen molar-refractivity contribution in [3.05, 3.63) is 70.3 Å². The third-order valence-electron chi connectivity index (χ3n) is 4.17. The van der Waals surface area contributed by atoms with Gasteiger partial charge in [-0.3, -0.25) is 9.59 Å². The molecule has 6 nitrogen and oxygen atoms in total. The number of anilines is 1. The molecule has 0 saturated carbocycles. The minimum atomic E-state index is -0.867. The van der Waals surface area contributed by atoms with Crippen LogP contribution in [0.25, 0.3) is 0 Å². The lowest BCUT2D eigenvalue weighted by molar-refractivity contribution is -0.144. The van der Waals surface area contributed by atoms with E-state index in [0.29, 0.717) is 16.9 Å². The molecule has 28 heavy (non-hydrogen) atoms. The van der Waals surface area contributed by atoms with Gasteiger partial charge in [-0.25, -0.2) is 4.99 Å². The van der Waals surface area contributed by atoms with Gasteiger partial charge in [0, 0.05) is 15.7 Å². The molecule has 0 fully saturated rings. The van der Waals surface area contributed by atoms with Crippen molar-refractivity contribution in [3.8, 4) is 0 Å². The van der Waals surface area contributed by atoms with Crippen LogP contribution in [-0.4, -0.2) is 24.3 Å². The Hall–Kier alpha value is -2.93. The lowest BCUT2D eigenvalue weighted by Gasteiger charge is -2.20. The fraction of sp³-hybridized carbons (Fsp3) is 0.190. The van der Waals surface area contributed by atoms with Crippen LogP contribution in [0.4, 0.5) is 11.4 Å². The Labute approximate surface area is 171 Å². The number of ether oxygens (including phenoxy) is 1. The van der Waals surface area contributed by atoms with E-state index in [0.717, 1.165) is 10.2 Å². The van der Waals surface area contributed by atoms with Crippen molar-refractivity contribution in [1.82, 2.24) is 5.32 Å². The van der Waals surface area contributed by atoms with Gasteiger partial charge in [-0.05, 0) is 44.2 Å². The van der Waals surface area contributed by atoms with Gasteiger partial charge in [0.2, 0.25) is 0 Å². The number of rotatable bonds is 3. The first-order valence-electron chi connectivity index (χ1n) is 8.88. The molecule has 0 saturated heterocycles. The number of nitrogens with zero attached hydrogens (tertiary/aromatic N) is 1. The number of amides is 1. The number of nitrogens with one attached hydrogen (secondary N) is 2. The Bertz CT molecular complexity index is 969. The van der Waals surface area contributed by atoms with E-state index in [1.165, 1.54) is 0 Å². The van der Waals surface area contributed by atoms with E-state index < -0.39 is 11.9 Å². The monoisotopic (exact) mass is 441 g/mol. The number of amidine groups is 1. The van der Waals surface area contributed by atoms with E-state index in [2.05, 4.69) is 31.6 Å². The highest BCUT2D eigenvalue weighted by atomic mass is 79.9. The number of halogens is 1. The van der Waals surface area contributed by atoms with Crippen LogP contribution in [0, 0.1) is 5.92 Å². The number of aliphatic imine (C=N–C) groups is 1. The van der Waals surface area contributed by atoms with Crippen molar-refractivity contribution in [2.75, 3.05) is 11.9 Å². The fourth-order valence-corrected chi connectivity index (χ4v) is 3.27. The highest BCUT2D eigenvalue weighted by Crippen LogP contribution is 2.32. The summed E-state index contributed by atoms with van der Waals surface area (Å²) in [6.45, 7) is 3.78. The lowest BCUT2D eigenvalue weighted by atomic mass is 10.0. The summed E-state index contributed by atoms with van der Waals surface area (Å²) in [4.78, 5) is 30.1. The Kier molecular flexibility index (Phi) is 6.26. The summed E-state index contributed by atoms with van der Waals surface area (Å²) in [5.74, 6) is -1.49. The zero-order valence-corrected chi connectivity index (χ0v) is 17.1. The maximum atomic E-state index is 12.8. The molecule has 0 aliphatic carbocycles. The van der Waals surface area contributed by atoms with Gasteiger partial charge >= 0.3 is 5.97 Å². The normalized spacial score (nSPS) is 17.0. The molecule has 2 N–H and O–H groups in total. The number of carbonyl (C=O) groups excluding carboxylic acids is 2. The van der Waals surface area contributed by atoms with Gasteiger partial charge in [0.1, 0.15) is 5.84 Å². The predicted octanol–water partition coefficient (Wildman–Crippen LogP) is 4.42. The molecule has 1 atom stereocenters. The summed E-state index contributed by atoms with van der Waals surface area (Å²) in [7, 11) is 0. The van der Waals surface area contributed by atoms with Gasteiger partial charge < -0.3 is 15.4 Å². The summed E-state index contributed by atoms with van der Waals surface area (Å²) in [5, 5.41) is 6.04. The number of benzene rings is 2. The standard InChI is InChI=1S/C21H20BrN3O3/c1-3-15-18(21(27)28-4-2)19(24-17-11-6-5-10-16(17)23-15)25-20(26)13-8-7-9-14(22)12-13/h3,5-12,18,23H,4H2,1-2H3,(H,24,25,26)/b15-3+/t18-/m0/s1. The molecule has 1 aliphatic heterocycles. The molecule has 0 unspecified atom stereocenters. The fourth-order valence-electron chi connectivity index (χ4n) is 2.87. The van der Waals surface area contributed by atoms with E-state index in [4.69, 9.17) is 4.74 Å². The SMILES string of the molecule is C/C=C1/Nc2ccccc2N=C(NC(=O)c2cccc(Br)c2)[C@H]1C(=O)OCC. The number of para-hydroxylation sites is 2. The average molecular weight is 442 g/mol. The van der Waals surface area contributed by atoms with Gasteiger partial charge in [0.05, 0.1) is 18.0 Å². The van der Waals surface area contributed by atoms with Crippen LogP contribution in [0.3, 0.4) is 0 Å². The van der Waals surface area contributed by atoms with Gasteiger partial charge in [-0.2, -0.15) is 0 Å². The summed E-state index contributed by atoms with van der Waals surface area (Å²) >= 11 is 3.36. The predicted molar refractivity (Wildman–Crippen MR) is 113 cm³/mol. The van der Waals surface area contributed by atoms with Crippen molar-refractivity contribution in [2.24, 2.45) is 10.9 Å². The van der Waals surface area contributed by atoms with Crippen molar-refractivity contribution in [1.29, 1.82) is 0 Å². The Morgan fingerprint density at radius 2 is 2.04 bits per heavy atom. The molecular weight excluding hydrogens is 422 g/mol. The quantitative estimate of drug-likeness (QED) is 0.690. The van der Waals surface area contributed by atoms with Crippen LogP contribution >= 0.6 is 15.9 Å². The molecule has 1 heterocycles. The van der Waals surface area contributed by atoms with E-state index in [9.17, 15) is 9.59 Å². The van der Waals surface area contributed by atoms with Crippen LogP contribution in [0.15, 0.2) is 69.8 Å². The van der Waals surface area contributed by atoms with Crippen LogP contribution < -0.4 is 10.6 Å². The molecule has 3 rings (SSSR count). The second kappa shape index (κ2) is 8.84. The van der Waals surface area contributed by atoms with E-state index in [-0.39, 0.29) is 18.3 Å². The molecule has 0 aromatic heterocycles. The van der Waals surface area contributed by atoms with Crippen molar-refractivity contribution in [2.45, 2.75) is 13.8 Å². The van der Waals surface area contributed by atoms with Crippen LogP contribution in [0.2, 0.25) is 0 Å². The van der Waals surface area contributed by atoms with Crippen molar-refractivity contribution >= 4 is 45.0 Å². The highest BCUT2D eigenvalue weighted by Gasteiger charge is 2.33. The van der Waals surface area contributed by atoms with Crippen LogP contribution in [0.5, 0.6) is 0 Å². The highest BCUT2D eigenvalue weighted by molar-refractivity contribution is 9.10. The largest absolute Gasteiger partial charge is 0.465 e. The zero-order chi connectivity index (χ0) is 20.1. The summed E-state index contributed by atoms with van der Waals surface area (Å²) in [6.07, 6.45) is 1.78. The first-order valence-corrected chi connectivity index (χ1v) is 9.67. The summed E-state index contributed by atoms with van der Waals surface area (Å²) in [5.41, 5.74) is 2.42. The first kappa shape index (κ1) is 19.8. The Morgan fingerprint density at radius 3 is 2.75 bits per heavy atom.